The number of fused-ring (bicyclic) bond motifs is 7. The first-order valence-electron chi connectivity index (χ1n) is 17.4. The zero-order chi connectivity index (χ0) is 36.7. The molecule has 5 aliphatic carbocycles. The molecule has 12 nitrogen and oxygen atoms in total. The van der Waals surface area contributed by atoms with Gasteiger partial charge in [-0.05, 0) is 110 Å². The summed E-state index contributed by atoms with van der Waals surface area (Å²) >= 11 is 5.55. The molecule has 0 radical (unpaired) electrons. The minimum absolute atomic E-state index is 0. The number of carbonyl (C=O) groups is 3. The van der Waals surface area contributed by atoms with Crippen LogP contribution >= 0.6 is 24.0 Å². The lowest BCUT2D eigenvalue weighted by molar-refractivity contribution is -0.202. The SMILES string of the molecule is CC1(C(=O)O)CCC2(C)CCC3(C)C(=CC(=O)C4C5(C)CCC(O)C(C)(C)C5CCC43C)C2C1.Cl.NC(N)=NC(=O)c1nc(Cl)c(N)nc1N. The zero-order valence-electron chi connectivity index (χ0n) is 30.3. The Labute approximate surface area is 306 Å². The van der Waals surface area contributed by atoms with Crippen molar-refractivity contribution in [2.45, 2.75) is 112 Å². The Kier molecular flexibility index (Phi) is 10.3. The number of nitrogens with zero attached hydrogens (tertiary/aromatic N) is 3. The molecule has 14 heteroatoms. The molecule has 4 fully saturated rings. The van der Waals surface area contributed by atoms with Crippen LogP contribution in [0.5, 0.6) is 0 Å². The highest BCUT2D eigenvalue weighted by atomic mass is 35.5. The standard InChI is InChI=1S/C30H46O4.C6H8ClN7O.ClH/c1-25(2)21-8-11-30(7)23(28(21,5)10-9-22(25)32)20(31)16-18-19-17-27(4,24(33)34)13-12-26(19,3)14-15-29(18,30)6;7-2-4(9)13-3(8)1(12-2)5(15)14-6(10)11;/h16,19,21-23,32H,8-15,17H2,1-7H3,(H,33,34);(H4,8,9,13)(H4,10,11,14,15);1H. The Morgan fingerprint density at radius 1 is 0.920 bits per heavy atom. The summed E-state index contributed by atoms with van der Waals surface area (Å²) < 4.78 is 0. The van der Waals surface area contributed by atoms with Crippen LogP contribution < -0.4 is 22.9 Å². The molecular weight excluding hydrogens is 681 g/mol. The summed E-state index contributed by atoms with van der Waals surface area (Å²) in [6, 6.07) is 0. The summed E-state index contributed by atoms with van der Waals surface area (Å²) in [6.07, 6.45) is 9.95. The average molecular weight is 737 g/mol. The summed E-state index contributed by atoms with van der Waals surface area (Å²) in [4.78, 5) is 48.2. The fourth-order valence-corrected chi connectivity index (χ4v) is 11.3. The van der Waals surface area contributed by atoms with E-state index in [1.807, 2.05) is 13.0 Å². The number of amides is 1. The molecule has 1 amide bonds. The smallest absolute Gasteiger partial charge is 0.309 e. The number of aliphatic hydroxyl groups excluding tert-OH is 1. The molecule has 9 atom stereocenters. The van der Waals surface area contributed by atoms with Gasteiger partial charge in [-0.1, -0.05) is 58.7 Å². The number of carboxylic acid groups (broad SMARTS) is 1. The molecule has 1 aromatic rings. The predicted octanol–water partition coefficient (Wildman–Crippen LogP) is 5.54. The highest BCUT2D eigenvalue weighted by molar-refractivity contribution is 6.31. The van der Waals surface area contributed by atoms with Gasteiger partial charge in [-0.25, -0.2) is 9.97 Å². The van der Waals surface area contributed by atoms with Crippen molar-refractivity contribution in [1.82, 2.24) is 9.97 Å². The van der Waals surface area contributed by atoms with E-state index in [0.29, 0.717) is 12.3 Å². The van der Waals surface area contributed by atoms with Gasteiger partial charge in [0.2, 0.25) is 0 Å². The highest BCUT2D eigenvalue weighted by Gasteiger charge is 2.70. The summed E-state index contributed by atoms with van der Waals surface area (Å²) in [7, 11) is 0. The van der Waals surface area contributed by atoms with E-state index in [-0.39, 0.29) is 85.7 Å². The Hall–Kier alpha value is -2.96. The fraction of sp³-hybridized carbons (Fsp3) is 0.722. The second kappa shape index (κ2) is 12.9. The predicted molar refractivity (Wildman–Crippen MR) is 196 cm³/mol. The van der Waals surface area contributed by atoms with E-state index >= 15 is 0 Å². The van der Waals surface area contributed by atoms with Crippen LogP contribution in [0.15, 0.2) is 16.6 Å². The molecular formula is C36H55Cl2N7O5. The Morgan fingerprint density at radius 2 is 1.54 bits per heavy atom. The van der Waals surface area contributed by atoms with Crippen molar-refractivity contribution < 1.29 is 24.6 Å². The topological polar surface area (TPSA) is 234 Å². The maximum atomic E-state index is 14.2. The van der Waals surface area contributed by atoms with Crippen LogP contribution in [0.2, 0.25) is 5.15 Å². The van der Waals surface area contributed by atoms with E-state index in [0.717, 1.165) is 51.4 Å². The first-order chi connectivity index (χ1) is 22.5. The molecule has 5 aliphatic rings. The number of guanidine groups is 1. The minimum Gasteiger partial charge on any atom is -0.481 e. The monoisotopic (exact) mass is 735 g/mol. The van der Waals surface area contributed by atoms with E-state index in [4.69, 9.17) is 34.5 Å². The van der Waals surface area contributed by atoms with E-state index in [9.17, 15) is 24.6 Å². The first kappa shape index (κ1) is 39.8. The fourth-order valence-electron chi connectivity index (χ4n) is 11.1. The number of carboxylic acids is 1. The number of aliphatic imine (C=N–C) groups is 1. The van der Waals surface area contributed by atoms with Crippen molar-refractivity contribution in [3.63, 3.8) is 0 Å². The van der Waals surface area contributed by atoms with Gasteiger partial charge in [-0.2, -0.15) is 4.99 Å². The van der Waals surface area contributed by atoms with E-state index in [1.165, 1.54) is 5.57 Å². The maximum absolute atomic E-state index is 14.2. The number of ketones is 1. The van der Waals surface area contributed by atoms with Crippen LogP contribution in [0.4, 0.5) is 11.6 Å². The summed E-state index contributed by atoms with van der Waals surface area (Å²) in [6.45, 7) is 15.8. The van der Waals surface area contributed by atoms with Crippen molar-refractivity contribution in [1.29, 1.82) is 0 Å². The molecule has 9 unspecified atom stereocenters. The number of anilines is 2. The molecule has 1 aromatic heterocycles. The summed E-state index contributed by atoms with van der Waals surface area (Å²) in [5.74, 6) is -1.44. The highest BCUT2D eigenvalue weighted by Crippen LogP contribution is 2.75. The molecule has 4 saturated carbocycles. The van der Waals surface area contributed by atoms with Gasteiger partial charge in [0.1, 0.15) is 0 Å². The van der Waals surface area contributed by atoms with Crippen molar-refractivity contribution in [2.75, 3.05) is 11.5 Å². The first-order valence-corrected chi connectivity index (χ1v) is 17.7. The third-order valence-electron chi connectivity index (χ3n) is 14.4. The molecule has 0 spiro atoms. The molecule has 10 N–H and O–H groups in total. The molecule has 278 valence electrons. The number of aromatic nitrogens is 2. The number of halogens is 2. The van der Waals surface area contributed by atoms with Gasteiger partial charge in [0, 0.05) is 5.92 Å². The number of hydrogen-bond acceptors (Lipinski definition) is 8. The quantitative estimate of drug-likeness (QED) is 0.163. The van der Waals surface area contributed by atoms with E-state index in [1.54, 1.807) is 0 Å². The van der Waals surface area contributed by atoms with Gasteiger partial charge < -0.3 is 33.1 Å². The summed E-state index contributed by atoms with van der Waals surface area (Å²) in [5.41, 5.74) is 20.6. The number of aliphatic hydroxyl groups is 1. The molecule has 6 rings (SSSR count). The van der Waals surface area contributed by atoms with Crippen molar-refractivity contribution in [3.8, 4) is 0 Å². The Bertz CT molecular complexity index is 1650. The van der Waals surface area contributed by atoms with Crippen LogP contribution in [-0.4, -0.2) is 49.9 Å². The largest absolute Gasteiger partial charge is 0.481 e. The van der Waals surface area contributed by atoms with Crippen LogP contribution in [0.25, 0.3) is 0 Å². The van der Waals surface area contributed by atoms with Gasteiger partial charge in [0.05, 0.1) is 11.5 Å². The lowest BCUT2D eigenvalue weighted by atomic mass is 9.33. The minimum atomic E-state index is -0.832. The van der Waals surface area contributed by atoms with Gasteiger partial charge in [-0.3, -0.25) is 14.4 Å². The number of carbonyl (C=O) groups excluding carboxylic acids is 2. The maximum Gasteiger partial charge on any atom is 0.309 e. The third kappa shape index (κ3) is 5.96. The number of hydrogen-bond donors (Lipinski definition) is 6. The second-order valence-electron chi connectivity index (χ2n) is 17.4. The van der Waals surface area contributed by atoms with E-state index < -0.39 is 23.3 Å². The van der Waals surface area contributed by atoms with Gasteiger partial charge in [0.15, 0.2) is 34.2 Å². The average Bonchev–Trinajstić information content (AvgIpc) is 2.99. The Balaban J connectivity index is 0.000000297. The number of rotatable bonds is 2. The molecule has 50 heavy (non-hydrogen) atoms. The Morgan fingerprint density at radius 3 is 2.14 bits per heavy atom. The van der Waals surface area contributed by atoms with Gasteiger partial charge in [0.25, 0.3) is 0 Å². The zero-order valence-corrected chi connectivity index (χ0v) is 31.9. The summed E-state index contributed by atoms with van der Waals surface area (Å²) in [5, 5.41) is 20.8. The lowest BCUT2D eigenvalue weighted by Crippen LogP contribution is -2.66. The van der Waals surface area contributed by atoms with E-state index in [2.05, 4.69) is 56.5 Å². The third-order valence-corrected chi connectivity index (χ3v) is 14.7. The van der Waals surface area contributed by atoms with Gasteiger partial charge in [-0.15, -0.1) is 12.4 Å². The van der Waals surface area contributed by atoms with Crippen molar-refractivity contribution in [2.24, 2.45) is 66.7 Å². The normalized spacial score (nSPS) is 39.7. The molecule has 0 saturated heterocycles. The lowest BCUT2D eigenvalue weighted by Gasteiger charge is -2.70. The van der Waals surface area contributed by atoms with Crippen molar-refractivity contribution in [3.05, 3.63) is 22.5 Å². The molecule has 0 aliphatic heterocycles. The molecule has 0 aromatic carbocycles. The van der Waals surface area contributed by atoms with Crippen LogP contribution in [-0.2, 0) is 9.59 Å². The van der Waals surface area contributed by atoms with Crippen LogP contribution in [0.1, 0.15) is 117 Å². The van der Waals surface area contributed by atoms with Crippen LogP contribution in [0, 0.1) is 50.2 Å². The molecule has 0 bridgehead atoms. The number of allylic oxidation sites excluding steroid dienone is 2. The van der Waals surface area contributed by atoms with Crippen LogP contribution in [0.3, 0.4) is 0 Å². The molecule has 1 heterocycles. The number of nitrogens with two attached hydrogens (primary N) is 4. The van der Waals surface area contributed by atoms with Crippen molar-refractivity contribution >= 4 is 59.3 Å². The van der Waals surface area contributed by atoms with Gasteiger partial charge >= 0.3 is 11.9 Å². The second-order valence-corrected chi connectivity index (χ2v) is 17.8. The number of nitrogen functional groups attached to an aromatic ring is 2. The number of aliphatic carboxylic acids is 1.